The van der Waals surface area contributed by atoms with Gasteiger partial charge in [-0.2, -0.15) is 0 Å². The summed E-state index contributed by atoms with van der Waals surface area (Å²) in [6.07, 6.45) is 8.02. The third-order valence-corrected chi connectivity index (χ3v) is 3.20. The number of Topliss-reactive ketones (excluding diaryl/α,β-unsaturated/α-hetero) is 1. The summed E-state index contributed by atoms with van der Waals surface area (Å²) in [5, 5.41) is 0. The van der Waals surface area contributed by atoms with Crippen molar-refractivity contribution in [2.75, 3.05) is 0 Å². The van der Waals surface area contributed by atoms with Crippen molar-refractivity contribution in [3.63, 3.8) is 0 Å². The van der Waals surface area contributed by atoms with Crippen LogP contribution < -0.4 is 0 Å². The topological polar surface area (TPSA) is 17.1 Å². The van der Waals surface area contributed by atoms with Gasteiger partial charge in [-0.1, -0.05) is 49.4 Å². The Labute approximate surface area is 103 Å². The number of allylic oxidation sites excluding steroid dienone is 4. The van der Waals surface area contributed by atoms with Gasteiger partial charge in [0.05, 0.1) is 0 Å². The predicted octanol–water partition coefficient (Wildman–Crippen LogP) is 3.80. The number of hydrogen-bond acceptors (Lipinski definition) is 1. The van der Waals surface area contributed by atoms with Crippen LogP contribution in [-0.4, -0.2) is 5.78 Å². The zero-order valence-electron chi connectivity index (χ0n) is 10.4. The minimum absolute atomic E-state index is 0.254. The van der Waals surface area contributed by atoms with Crippen molar-refractivity contribution in [1.82, 2.24) is 0 Å². The maximum Gasteiger partial charge on any atom is 0.130 e. The zero-order valence-corrected chi connectivity index (χ0v) is 10.4. The standard InChI is InChI=1S/C16H18O/c1-12(11-13(2)17)15-9-5-3-7-14-8-4-6-10-16(14)15/h3-6,8-10,12H,7,11H2,1-2H3. The van der Waals surface area contributed by atoms with Crippen LogP contribution in [0.3, 0.4) is 0 Å². The summed E-state index contributed by atoms with van der Waals surface area (Å²) in [7, 11) is 0. The van der Waals surface area contributed by atoms with Crippen LogP contribution >= 0.6 is 0 Å². The van der Waals surface area contributed by atoms with Gasteiger partial charge in [0, 0.05) is 6.42 Å². The van der Waals surface area contributed by atoms with Crippen LogP contribution in [0.4, 0.5) is 0 Å². The maximum atomic E-state index is 11.2. The van der Waals surface area contributed by atoms with Crippen LogP contribution in [0, 0.1) is 5.92 Å². The molecule has 1 heteroatoms. The van der Waals surface area contributed by atoms with E-state index in [-0.39, 0.29) is 11.7 Å². The van der Waals surface area contributed by atoms with Crippen LogP contribution in [-0.2, 0) is 11.2 Å². The number of ketones is 1. The van der Waals surface area contributed by atoms with E-state index in [1.54, 1.807) is 6.92 Å². The molecule has 0 fully saturated rings. The number of rotatable bonds is 3. The Morgan fingerprint density at radius 2 is 2.12 bits per heavy atom. The molecule has 1 unspecified atom stereocenters. The third-order valence-electron chi connectivity index (χ3n) is 3.20. The van der Waals surface area contributed by atoms with E-state index in [0.29, 0.717) is 6.42 Å². The van der Waals surface area contributed by atoms with E-state index in [0.717, 1.165) is 6.42 Å². The molecule has 0 amide bonds. The molecule has 0 aromatic heterocycles. The van der Waals surface area contributed by atoms with Gasteiger partial charge in [0.1, 0.15) is 5.78 Å². The summed E-state index contributed by atoms with van der Waals surface area (Å²) in [5.74, 6) is 0.542. The van der Waals surface area contributed by atoms with Gasteiger partial charge in [-0.05, 0) is 36.0 Å². The first-order valence-corrected chi connectivity index (χ1v) is 6.13. The Morgan fingerprint density at radius 3 is 2.88 bits per heavy atom. The quantitative estimate of drug-likeness (QED) is 0.766. The van der Waals surface area contributed by atoms with Crippen LogP contribution in [0.15, 0.2) is 42.5 Å². The monoisotopic (exact) mass is 226 g/mol. The molecule has 0 heterocycles. The lowest BCUT2D eigenvalue weighted by molar-refractivity contribution is -0.117. The van der Waals surface area contributed by atoms with Crippen LogP contribution in [0.25, 0.3) is 5.57 Å². The number of hydrogen-bond donors (Lipinski definition) is 0. The van der Waals surface area contributed by atoms with E-state index in [9.17, 15) is 4.79 Å². The van der Waals surface area contributed by atoms with E-state index in [2.05, 4.69) is 49.4 Å². The normalized spacial score (nSPS) is 15.8. The molecule has 0 saturated carbocycles. The molecule has 17 heavy (non-hydrogen) atoms. The average molecular weight is 226 g/mol. The second-order valence-electron chi connectivity index (χ2n) is 4.72. The molecule has 1 atom stereocenters. The van der Waals surface area contributed by atoms with Crippen molar-refractivity contribution >= 4 is 11.4 Å². The van der Waals surface area contributed by atoms with Gasteiger partial charge < -0.3 is 4.79 Å². The summed E-state index contributed by atoms with van der Waals surface area (Å²) in [6, 6.07) is 8.47. The molecule has 1 aromatic rings. The molecule has 1 aliphatic rings. The molecule has 1 nitrogen and oxygen atoms in total. The second-order valence-corrected chi connectivity index (χ2v) is 4.72. The van der Waals surface area contributed by atoms with Gasteiger partial charge in [0.2, 0.25) is 0 Å². The fourth-order valence-electron chi connectivity index (χ4n) is 2.41. The number of fused-ring (bicyclic) bond motifs is 1. The van der Waals surface area contributed by atoms with E-state index in [1.807, 2.05) is 0 Å². The van der Waals surface area contributed by atoms with Crippen LogP contribution in [0.1, 0.15) is 31.4 Å². The molecular weight excluding hydrogens is 208 g/mol. The van der Waals surface area contributed by atoms with Crippen LogP contribution in [0.5, 0.6) is 0 Å². The van der Waals surface area contributed by atoms with Crippen molar-refractivity contribution in [2.24, 2.45) is 5.92 Å². The lowest BCUT2D eigenvalue weighted by Gasteiger charge is -2.16. The molecule has 88 valence electrons. The summed E-state index contributed by atoms with van der Waals surface area (Å²) in [4.78, 5) is 11.2. The first-order chi connectivity index (χ1) is 8.18. The van der Waals surface area contributed by atoms with Gasteiger partial charge in [-0.3, -0.25) is 0 Å². The molecule has 0 spiro atoms. The van der Waals surface area contributed by atoms with E-state index in [1.165, 1.54) is 16.7 Å². The lowest BCUT2D eigenvalue weighted by atomic mass is 9.88. The van der Waals surface area contributed by atoms with E-state index in [4.69, 9.17) is 0 Å². The number of carbonyl (C=O) groups excluding carboxylic acids is 1. The first-order valence-electron chi connectivity index (χ1n) is 6.13. The molecule has 0 saturated heterocycles. The second kappa shape index (κ2) is 5.13. The van der Waals surface area contributed by atoms with Crippen molar-refractivity contribution in [3.05, 3.63) is 53.6 Å². The highest BCUT2D eigenvalue weighted by molar-refractivity contribution is 5.80. The van der Waals surface area contributed by atoms with Gasteiger partial charge in [-0.15, -0.1) is 0 Å². The molecule has 0 aliphatic heterocycles. The molecule has 1 aromatic carbocycles. The van der Waals surface area contributed by atoms with Crippen molar-refractivity contribution in [1.29, 1.82) is 0 Å². The zero-order chi connectivity index (χ0) is 12.3. The Balaban J connectivity index is 2.37. The molecule has 0 radical (unpaired) electrons. The Morgan fingerprint density at radius 1 is 1.35 bits per heavy atom. The van der Waals surface area contributed by atoms with Gasteiger partial charge in [0.25, 0.3) is 0 Å². The summed E-state index contributed by atoms with van der Waals surface area (Å²) in [5.41, 5.74) is 3.93. The van der Waals surface area contributed by atoms with Gasteiger partial charge >= 0.3 is 0 Å². The average Bonchev–Trinajstić information content (AvgIpc) is 2.50. The summed E-state index contributed by atoms with van der Waals surface area (Å²) in [6.45, 7) is 3.79. The number of benzene rings is 1. The first kappa shape index (κ1) is 11.8. The van der Waals surface area contributed by atoms with Crippen molar-refractivity contribution in [3.8, 4) is 0 Å². The minimum atomic E-state index is 0.254. The van der Waals surface area contributed by atoms with Gasteiger partial charge in [-0.25, -0.2) is 0 Å². The summed E-state index contributed by atoms with van der Waals surface area (Å²) >= 11 is 0. The molecule has 0 bridgehead atoms. The maximum absolute atomic E-state index is 11.2. The fourth-order valence-corrected chi connectivity index (χ4v) is 2.41. The van der Waals surface area contributed by atoms with E-state index < -0.39 is 0 Å². The Kier molecular flexibility index (Phi) is 3.58. The smallest absolute Gasteiger partial charge is 0.130 e. The highest BCUT2D eigenvalue weighted by Crippen LogP contribution is 2.30. The Bertz CT molecular complexity index is 480. The minimum Gasteiger partial charge on any atom is -0.300 e. The van der Waals surface area contributed by atoms with Gasteiger partial charge in [0.15, 0.2) is 0 Å². The number of carbonyl (C=O) groups is 1. The lowest BCUT2D eigenvalue weighted by Crippen LogP contribution is -2.05. The molecule has 2 rings (SSSR count). The summed E-state index contributed by atoms with van der Waals surface area (Å²) < 4.78 is 0. The SMILES string of the molecule is CC(=O)CC(C)C1=CC=CCc2ccccc21. The van der Waals surface area contributed by atoms with Crippen LogP contribution in [0.2, 0.25) is 0 Å². The highest BCUT2D eigenvalue weighted by atomic mass is 16.1. The molecule has 1 aliphatic carbocycles. The largest absolute Gasteiger partial charge is 0.300 e. The predicted molar refractivity (Wildman–Crippen MR) is 71.7 cm³/mol. The third kappa shape index (κ3) is 2.73. The highest BCUT2D eigenvalue weighted by Gasteiger charge is 2.16. The van der Waals surface area contributed by atoms with Crippen molar-refractivity contribution < 1.29 is 4.79 Å². The fraction of sp³-hybridized carbons (Fsp3) is 0.312. The van der Waals surface area contributed by atoms with E-state index >= 15 is 0 Å². The van der Waals surface area contributed by atoms with Crippen molar-refractivity contribution in [2.45, 2.75) is 26.7 Å². The Hall–Kier alpha value is -1.63. The molecular formula is C16H18O. The molecule has 0 N–H and O–H groups in total.